The third kappa shape index (κ3) is 8.27. The Kier molecular flexibility index (Phi) is 12.1. The molecule has 2 unspecified atom stereocenters. The van der Waals surface area contributed by atoms with Crippen LogP contribution in [0.2, 0.25) is 0 Å². The Morgan fingerprint density at radius 3 is 2.60 bits per heavy atom. The third-order valence-corrected chi connectivity index (χ3v) is 9.43. The lowest BCUT2D eigenvalue weighted by Gasteiger charge is -2.53. The highest BCUT2D eigenvalue weighted by Crippen LogP contribution is 2.44. The summed E-state index contributed by atoms with van der Waals surface area (Å²) in [5.74, 6) is 0.743. The maximum absolute atomic E-state index is 14.3. The second-order valence-corrected chi connectivity index (χ2v) is 13.3. The third-order valence-electron chi connectivity index (χ3n) is 9.43. The fraction of sp³-hybridized carbons (Fsp3) is 0.697. The fourth-order valence-corrected chi connectivity index (χ4v) is 6.91. The van der Waals surface area contributed by atoms with Crippen molar-refractivity contribution in [3.05, 3.63) is 35.9 Å². The molecule has 0 saturated carbocycles. The molecule has 4 rings (SSSR count). The molecule has 1 aromatic carbocycles. The van der Waals surface area contributed by atoms with Crippen LogP contribution in [0.25, 0.3) is 0 Å². The van der Waals surface area contributed by atoms with E-state index in [1.807, 2.05) is 20.8 Å². The number of anilines is 1. The number of nitrogens with zero attached hydrogens (tertiary/aromatic N) is 7. The van der Waals surface area contributed by atoms with E-state index in [1.165, 1.54) is 24.5 Å². The number of amides is 1. The fourth-order valence-electron chi connectivity index (χ4n) is 6.91. The maximum Gasteiger partial charge on any atom is 0.282 e. The van der Waals surface area contributed by atoms with E-state index in [-0.39, 0.29) is 47.2 Å². The van der Waals surface area contributed by atoms with E-state index >= 15 is 0 Å². The van der Waals surface area contributed by atoms with Crippen LogP contribution in [0.15, 0.2) is 24.5 Å². The molecule has 2 aliphatic rings. The molecule has 0 radical (unpaired) electrons. The number of ether oxygens (including phenoxy) is 2. The molecule has 45 heavy (non-hydrogen) atoms. The van der Waals surface area contributed by atoms with Crippen molar-refractivity contribution >= 4 is 11.7 Å². The molecule has 1 N–H and O–H groups in total. The smallest absolute Gasteiger partial charge is 0.282 e. The number of aliphatic hydroxyl groups excluding tert-OH is 1. The van der Waals surface area contributed by atoms with E-state index in [0.717, 1.165) is 52.0 Å². The van der Waals surface area contributed by atoms with Gasteiger partial charge in [-0.15, -0.1) is 10.2 Å². The number of benzene rings is 1. The predicted molar refractivity (Wildman–Crippen MR) is 172 cm³/mol. The first kappa shape index (κ1) is 34.9. The lowest BCUT2D eigenvalue weighted by molar-refractivity contribution is -0.0350. The quantitative estimate of drug-likeness (QED) is 0.294. The molecule has 11 nitrogen and oxygen atoms in total. The van der Waals surface area contributed by atoms with Crippen LogP contribution in [-0.2, 0) is 4.74 Å². The highest BCUT2D eigenvalue weighted by Gasteiger charge is 2.50. The summed E-state index contributed by atoms with van der Waals surface area (Å²) in [7, 11) is 3.72. The van der Waals surface area contributed by atoms with Crippen LogP contribution >= 0.6 is 0 Å². The van der Waals surface area contributed by atoms with Crippen LogP contribution in [0.3, 0.4) is 0 Å². The minimum absolute atomic E-state index is 0.0237. The number of rotatable bonds is 16. The van der Waals surface area contributed by atoms with Gasteiger partial charge in [-0.05, 0) is 77.7 Å². The molecular formula is C33H52FN7O4. The number of hydrogen-bond acceptors (Lipinski definition) is 10. The van der Waals surface area contributed by atoms with Gasteiger partial charge in [-0.2, -0.15) is 0 Å². The summed E-state index contributed by atoms with van der Waals surface area (Å²) in [5.41, 5.74) is 0.314. The summed E-state index contributed by atoms with van der Waals surface area (Å²) in [5, 5.41) is 17.9. The summed E-state index contributed by atoms with van der Waals surface area (Å²) < 4.78 is 25.7. The van der Waals surface area contributed by atoms with Crippen LogP contribution in [0, 0.1) is 17.2 Å². The summed E-state index contributed by atoms with van der Waals surface area (Å²) in [6.07, 6.45) is 4.61. The number of halogens is 1. The van der Waals surface area contributed by atoms with Gasteiger partial charge in [-0.25, -0.2) is 9.37 Å². The van der Waals surface area contributed by atoms with E-state index in [1.54, 1.807) is 12.0 Å². The van der Waals surface area contributed by atoms with E-state index in [9.17, 15) is 14.3 Å². The molecule has 250 valence electrons. The number of aromatic nitrogens is 3. The summed E-state index contributed by atoms with van der Waals surface area (Å²) in [6.45, 7) is 16.1. The number of hydrogen-bond donors (Lipinski definition) is 1. The first-order chi connectivity index (χ1) is 21.5. The van der Waals surface area contributed by atoms with E-state index in [2.05, 4.69) is 50.8 Å². The van der Waals surface area contributed by atoms with Gasteiger partial charge in [0.15, 0.2) is 5.82 Å². The molecule has 0 bridgehead atoms. The Morgan fingerprint density at radius 1 is 1.20 bits per heavy atom. The van der Waals surface area contributed by atoms with Crippen molar-refractivity contribution in [2.45, 2.75) is 72.0 Å². The molecule has 0 aliphatic carbocycles. The average molecular weight is 630 g/mol. The molecule has 1 aromatic heterocycles. The monoisotopic (exact) mass is 629 g/mol. The van der Waals surface area contributed by atoms with Crippen molar-refractivity contribution in [3.63, 3.8) is 0 Å². The number of carbonyl (C=O) groups excluding carboxylic acids is 1. The van der Waals surface area contributed by atoms with Gasteiger partial charge in [0.05, 0.1) is 24.8 Å². The van der Waals surface area contributed by atoms with Crippen molar-refractivity contribution in [1.82, 2.24) is 29.9 Å². The number of likely N-dealkylation sites (tertiary alicyclic amines) is 1. The molecule has 1 spiro atoms. The van der Waals surface area contributed by atoms with Crippen LogP contribution in [0.5, 0.6) is 11.6 Å². The zero-order valence-corrected chi connectivity index (χ0v) is 28.1. The SMILES string of the molecule is CCN(C(=O)c1cc(F)ccc1Oc1nncnc1N1CCC2(C1)CN(C(CCCN(C)C(CO)COC)C(C)C)C2)C(C)C. The van der Waals surface area contributed by atoms with Crippen LogP contribution in [-0.4, -0.2) is 126 Å². The van der Waals surface area contributed by atoms with Crippen molar-refractivity contribution < 1.29 is 23.8 Å². The van der Waals surface area contributed by atoms with Gasteiger partial charge in [-0.1, -0.05) is 13.8 Å². The van der Waals surface area contributed by atoms with Crippen LogP contribution in [0.1, 0.15) is 64.2 Å². The van der Waals surface area contributed by atoms with Gasteiger partial charge in [0.25, 0.3) is 11.8 Å². The topological polar surface area (TPSA) is 107 Å². The number of likely N-dealkylation sites (N-methyl/N-ethyl adjacent to an activating group) is 1. The minimum Gasteiger partial charge on any atom is -0.434 e. The van der Waals surface area contributed by atoms with Crippen molar-refractivity contribution in [3.8, 4) is 11.6 Å². The minimum atomic E-state index is -0.508. The highest BCUT2D eigenvalue weighted by molar-refractivity contribution is 5.97. The Hall–Kier alpha value is -2.93. The number of carbonyl (C=O) groups is 1. The Bertz CT molecular complexity index is 1260. The van der Waals surface area contributed by atoms with Gasteiger partial charge in [0.1, 0.15) is 17.9 Å². The summed E-state index contributed by atoms with van der Waals surface area (Å²) >= 11 is 0. The molecule has 3 heterocycles. The van der Waals surface area contributed by atoms with Crippen LogP contribution < -0.4 is 9.64 Å². The molecule has 2 aromatic rings. The summed E-state index contributed by atoms with van der Waals surface area (Å²) in [4.78, 5) is 26.6. The standard InChI is InChI=1S/C33H52FN7O4/c1-8-41(24(4)5)32(43)27-16-25(34)11-12-29(27)45-31-30(35-22-36-37-31)39-15-13-33(19-39)20-40(21-33)28(23(2)3)10-9-14-38(6)26(17-42)18-44-7/h11-12,16,22-24,26,28,42H,8-10,13-15,17-21H2,1-7H3. The largest absolute Gasteiger partial charge is 0.434 e. The Labute approximate surface area is 267 Å². The lowest BCUT2D eigenvalue weighted by Crippen LogP contribution is -2.62. The number of methoxy groups -OCH3 is 1. The molecule has 1 amide bonds. The van der Waals surface area contributed by atoms with Crippen molar-refractivity contribution in [1.29, 1.82) is 0 Å². The molecule has 2 atom stereocenters. The van der Waals surface area contributed by atoms with E-state index in [4.69, 9.17) is 9.47 Å². The zero-order chi connectivity index (χ0) is 32.7. The molecule has 2 fully saturated rings. The second-order valence-electron chi connectivity index (χ2n) is 13.3. The van der Waals surface area contributed by atoms with E-state index in [0.29, 0.717) is 30.9 Å². The van der Waals surface area contributed by atoms with E-state index < -0.39 is 5.82 Å². The van der Waals surface area contributed by atoms with Gasteiger partial charge in [0.2, 0.25) is 0 Å². The average Bonchev–Trinajstić information content (AvgIpc) is 3.44. The van der Waals surface area contributed by atoms with Gasteiger partial charge < -0.3 is 24.4 Å². The second kappa shape index (κ2) is 15.6. The number of aliphatic hydroxyl groups is 1. The maximum atomic E-state index is 14.3. The summed E-state index contributed by atoms with van der Waals surface area (Å²) in [6, 6.07) is 4.43. The Morgan fingerprint density at radius 2 is 1.96 bits per heavy atom. The predicted octanol–water partition coefficient (Wildman–Crippen LogP) is 3.93. The van der Waals surface area contributed by atoms with Gasteiger partial charge in [-0.3, -0.25) is 14.6 Å². The lowest BCUT2D eigenvalue weighted by atomic mass is 9.76. The van der Waals surface area contributed by atoms with Crippen LogP contribution in [0.4, 0.5) is 10.2 Å². The molecular weight excluding hydrogens is 577 g/mol. The Balaban J connectivity index is 1.41. The molecule has 2 saturated heterocycles. The highest BCUT2D eigenvalue weighted by atomic mass is 19.1. The molecule has 12 heteroatoms. The zero-order valence-electron chi connectivity index (χ0n) is 28.1. The first-order valence-corrected chi connectivity index (χ1v) is 16.3. The molecule has 2 aliphatic heterocycles. The van der Waals surface area contributed by atoms with Crippen molar-refractivity contribution in [2.24, 2.45) is 11.3 Å². The van der Waals surface area contributed by atoms with Gasteiger partial charge >= 0.3 is 0 Å². The normalized spacial score (nSPS) is 17.7. The van der Waals surface area contributed by atoms with Gasteiger partial charge in [0, 0.05) is 57.3 Å². The van der Waals surface area contributed by atoms with Crippen molar-refractivity contribution in [2.75, 3.05) is 71.5 Å². The first-order valence-electron chi connectivity index (χ1n) is 16.3.